The quantitative estimate of drug-likeness (QED) is 0.329. The molecule has 0 bridgehead atoms. The Labute approximate surface area is 179 Å². The lowest BCUT2D eigenvalue weighted by Crippen LogP contribution is -2.07. The van der Waals surface area contributed by atoms with Gasteiger partial charge in [-0.2, -0.15) is 10.4 Å². The summed E-state index contributed by atoms with van der Waals surface area (Å²) in [7, 11) is 0. The van der Waals surface area contributed by atoms with Crippen molar-refractivity contribution in [2.45, 2.75) is 20.3 Å². The Morgan fingerprint density at radius 3 is 2.84 bits per heavy atom. The Kier molecular flexibility index (Phi) is 4.57. The van der Waals surface area contributed by atoms with E-state index >= 15 is 0 Å². The molecule has 0 saturated heterocycles. The van der Waals surface area contributed by atoms with E-state index in [2.05, 4.69) is 34.6 Å². The van der Waals surface area contributed by atoms with Crippen LogP contribution < -0.4 is 5.43 Å². The smallest absolute Gasteiger partial charge is 0.157 e. The lowest BCUT2D eigenvalue weighted by Gasteiger charge is -2.15. The molecule has 0 fully saturated rings. The second-order valence-corrected chi connectivity index (χ2v) is 7.38. The molecular formula is C25H20N6. The number of hydrogen-bond donors (Lipinski definition) is 1. The molecule has 0 unspecified atom stereocenters. The highest BCUT2D eigenvalue weighted by molar-refractivity contribution is 5.89. The zero-order valence-electron chi connectivity index (χ0n) is 17.3. The maximum Gasteiger partial charge on any atom is 0.157 e. The van der Waals surface area contributed by atoms with Gasteiger partial charge in [-0.1, -0.05) is 31.2 Å². The summed E-state index contributed by atoms with van der Waals surface area (Å²) in [5, 5.41) is 15.4. The third kappa shape index (κ3) is 3.08. The van der Waals surface area contributed by atoms with Crippen molar-refractivity contribution in [3.05, 3.63) is 83.0 Å². The van der Waals surface area contributed by atoms with Gasteiger partial charge in [0, 0.05) is 11.6 Å². The van der Waals surface area contributed by atoms with Crippen LogP contribution in [0.25, 0.3) is 27.6 Å². The van der Waals surface area contributed by atoms with E-state index < -0.39 is 0 Å². The molecule has 2 aromatic carbocycles. The third-order valence-electron chi connectivity index (χ3n) is 5.60. The summed E-state index contributed by atoms with van der Waals surface area (Å²) in [6.07, 6.45) is 4.35. The van der Waals surface area contributed by atoms with E-state index in [1.54, 1.807) is 12.4 Å². The minimum absolute atomic E-state index is 0.601. The minimum Gasteiger partial charge on any atom is -0.276 e. The number of imidazole rings is 1. The average Bonchev–Trinajstić information content (AvgIpc) is 3.18. The second-order valence-electron chi connectivity index (χ2n) is 7.38. The molecule has 5 rings (SSSR count). The SMILES string of the molecule is CCc1c(C)c(C#N)c2nc3ccccc3n2c1N/N=C/c1ccc2ncccc2c1. The number of nitrogens with one attached hydrogen (secondary N) is 1. The summed E-state index contributed by atoms with van der Waals surface area (Å²) in [4.78, 5) is 9.08. The largest absolute Gasteiger partial charge is 0.276 e. The van der Waals surface area contributed by atoms with Crippen molar-refractivity contribution >= 4 is 39.6 Å². The molecule has 0 amide bonds. The van der Waals surface area contributed by atoms with Crippen molar-refractivity contribution in [1.29, 1.82) is 5.26 Å². The Morgan fingerprint density at radius 1 is 1.13 bits per heavy atom. The van der Waals surface area contributed by atoms with E-state index in [9.17, 15) is 5.26 Å². The summed E-state index contributed by atoms with van der Waals surface area (Å²) >= 11 is 0. The first-order valence-corrected chi connectivity index (χ1v) is 10.2. The Balaban J connectivity index is 1.64. The first-order chi connectivity index (χ1) is 15.2. The van der Waals surface area contributed by atoms with E-state index in [0.717, 1.165) is 50.9 Å². The molecule has 0 aliphatic carbocycles. The predicted molar refractivity (Wildman–Crippen MR) is 124 cm³/mol. The molecule has 3 aromatic heterocycles. The Bertz CT molecular complexity index is 1520. The van der Waals surface area contributed by atoms with Crippen LogP contribution in [0.2, 0.25) is 0 Å². The van der Waals surface area contributed by atoms with Gasteiger partial charge in [0.15, 0.2) is 5.65 Å². The topological polar surface area (TPSA) is 78.4 Å². The number of fused-ring (bicyclic) bond motifs is 4. The number of para-hydroxylation sites is 2. The van der Waals surface area contributed by atoms with Gasteiger partial charge < -0.3 is 0 Å². The molecule has 1 N–H and O–H groups in total. The van der Waals surface area contributed by atoms with Crippen LogP contribution in [0.1, 0.15) is 29.2 Å². The van der Waals surface area contributed by atoms with Gasteiger partial charge in [0.25, 0.3) is 0 Å². The summed E-state index contributed by atoms with van der Waals surface area (Å²) in [5.41, 5.74) is 10.2. The van der Waals surface area contributed by atoms with Crippen LogP contribution in [0.4, 0.5) is 5.82 Å². The van der Waals surface area contributed by atoms with Crippen LogP contribution in [0.3, 0.4) is 0 Å². The van der Waals surface area contributed by atoms with E-state index in [1.807, 2.05) is 59.9 Å². The summed E-state index contributed by atoms with van der Waals surface area (Å²) in [5.74, 6) is 0.835. The highest BCUT2D eigenvalue weighted by Crippen LogP contribution is 2.31. The molecule has 0 atom stereocenters. The van der Waals surface area contributed by atoms with Crippen molar-refractivity contribution in [3.63, 3.8) is 0 Å². The molecule has 3 heterocycles. The normalized spacial score (nSPS) is 11.5. The van der Waals surface area contributed by atoms with Gasteiger partial charge >= 0.3 is 0 Å². The lowest BCUT2D eigenvalue weighted by molar-refractivity contribution is 1.04. The van der Waals surface area contributed by atoms with Crippen molar-refractivity contribution in [1.82, 2.24) is 14.4 Å². The second kappa shape index (κ2) is 7.54. The standard InChI is InChI=1S/C25H20N6/c1-3-19-16(2)20(14-26)24-29-22-8-4-5-9-23(22)31(24)25(19)30-28-15-17-10-11-21-18(13-17)7-6-12-27-21/h4-13,15,30H,3H2,1-2H3/b28-15+. The molecule has 0 spiro atoms. The van der Waals surface area contributed by atoms with E-state index in [0.29, 0.717) is 11.2 Å². The molecule has 150 valence electrons. The Morgan fingerprint density at radius 2 is 2.00 bits per heavy atom. The van der Waals surface area contributed by atoms with Crippen LogP contribution in [-0.2, 0) is 6.42 Å². The summed E-state index contributed by atoms with van der Waals surface area (Å²) < 4.78 is 2.00. The number of nitrogens with zero attached hydrogens (tertiary/aromatic N) is 5. The third-order valence-corrected chi connectivity index (χ3v) is 5.60. The van der Waals surface area contributed by atoms with Crippen molar-refractivity contribution in [2.75, 3.05) is 5.43 Å². The number of hydrogen-bond acceptors (Lipinski definition) is 5. The Hall–Kier alpha value is -4.24. The van der Waals surface area contributed by atoms with Crippen LogP contribution in [0.15, 0.2) is 65.9 Å². The zero-order valence-corrected chi connectivity index (χ0v) is 17.3. The van der Waals surface area contributed by atoms with E-state index in [4.69, 9.17) is 4.98 Å². The van der Waals surface area contributed by atoms with E-state index in [-0.39, 0.29) is 0 Å². The molecule has 0 radical (unpaired) electrons. The summed E-state index contributed by atoms with van der Waals surface area (Å²) in [6, 6.07) is 20.2. The fourth-order valence-electron chi connectivity index (χ4n) is 4.08. The first-order valence-electron chi connectivity index (χ1n) is 10.2. The molecule has 0 saturated carbocycles. The average molecular weight is 404 g/mol. The van der Waals surface area contributed by atoms with Gasteiger partial charge in [-0.05, 0) is 60.4 Å². The molecule has 0 aliphatic heterocycles. The number of anilines is 1. The van der Waals surface area contributed by atoms with Gasteiger partial charge in [-0.15, -0.1) is 0 Å². The number of nitriles is 1. The monoisotopic (exact) mass is 404 g/mol. The van der Waals surface area contributed by atoms with Gasteiger partial charge in [-0.25, -0.2) is 4.98 Å². The number of aromatic nitrogens is 3. The molecule has 6 heteroatoms. The fraction of sp³-hybridized carbons (Fsp3) is 0.120. The van der Waals surface area contributed by atoms with Crippen LogP contribution in [0.5, 0.6) is 0 Å². The van der Waals surface area contributed by atoms with Crippen molar-refractivity contribution in [3.8, 4) is 6.07 Å². The molecule has 6 nitrogen and oxygen atoms in total. The van der Waals surface area contributed by atoms with Crippen molar-refractivity contribution < 1.29 is 0 Å². The highest BCUT2D eigenvalue weighted by Gasteiger charge is 2.19. The zero-order chi connectivity index (χ0) is 21.4. The van der Waals surface area contributed by atoms with Gasteiger partial charge in [0.2, 0.25) is 0 Å². The van der Waals surface area contributed by atoms with Crippen LogP contribution in [-0.4, -0.2) is 20.6 Å². The molecule has 5 aromatic rings. The molecule has 0 aliphatic rings. The van der Waals surface area contributed by atoms with E-state index in [1.165, 1.54) is 0 Å². The number of hydrazone groups is 1. The first kappa shape index (κ1) is 18.8. The van der Waals surface area contributed by atoms with Crippen LogP contribution >= 0.6 is 0 Å². The number of rotatable bonds is 4. The minimum atomic E-state index is 0.601. The predicted octanol–water partition coefficient (Wildman–Crippen LogP) is 5.22. The van der Waals surface area contributed by atoms with Gasteiger partial charge in [-0.3, -0.25) is 14.8 Å². The number of pyridine rings is 2. The van der Waals surface area contributed by atoms with Crippen LogP contribution in [0, 0.1) is 18.3 Å². The molecule has 31 heavy (non-hydrogen) atoms. The molecular weight excluding hydrogens is 384 g/mol. The van der Waals surface area contributed by atoms with Gasteiger partial charge in [0.1, 0.15) is 11.9 Å². The van der Waals surface area contributed by atoms with Gasteiger partial charge in [0.05, 0.1) is 28.3 Å². The maximum atomic E-state index is 9.81. The summed E-state index contributed by atoms with van der Waals surface area (Å²) in [6.45, 7) is 4.06. The highest BCUT2D eigenvalue weighted by atomic mass is 15.3. The van der Waals surface area contributed by atoms with Crippen molar-refractivity contribution in [2.24, 2.45) is 5.10 Å². The fourth-order valence-corrected chi connectivity index (χ4v) is 4.08. The lowest BCUT2D eigenvalue weighted by atomic mass is 10.0. The number of benzene rings is 2. The maximum absolute atomic E-state index is 9.81.